The maximum Gasteiger partial charge on any atom is 0.342 e. The van der Waals surface area contributed by atoms with Gasteiger partial charge in [0.25, 0.3) is 0 Å². The van der Waals surface area contributed by atoms with E-state index in [1.54, 1.807) is 6.92 Å². The number of methoxy groups -OCH3 is 1. The van der Waals surface area contributed by atoms with Gasteiger partial charge in [-0.15, -0.1) is 0 Å². The number of aromatic nitrogens is 2. The molecule has 0 unspecified atom stereocenters. The minimum Gasteiger partial charge on any atom is -0.465 e. The van der Waals surface area contributed by atoms with E-state index in [2.05, 4.69) is 14.7 Å². The molecule has 0 spiro atoms. The van der Waals surface area contributed by atoms with Crippen molar-refractivity contribution in [2.75, 3.05) is 7.11 Å². The third-order valence-corrected chi connectivity index (χ3v) is 2.36. The summed E-state index contributed by atoms with van der Waals surface area (Å²) in [7, 11) is 1.33. The Morgan fingerprint density at radius 2 is 2.13 bits per heavy atom. The van der Waals surface area contributed by atoms with Gasteiger partial charge in [0.1, 0.15) is 16.0 Å². The van der Waals surface area contributed by atoms with Gasteiger partial charge < -0.3 is 9.72 Å². The van der Waals surface area contributed by atoms with Crippen molar-refractivity contribution in [1.29, 1.82) is 0 Å². The van der Waals surface area contributed by atoms with Crippen LogP contribution in [-0.4, -0.2) is 23.0 Å². The van der Waals surface area contributed by atoms with E-state index in [-0.39, 0.29) is 5.92 Å². The number of carbonyl (C=O) groups excluding carboxylic acids is 1. The molecule has 0 saturated heterocycles. The number of nitrogens with zero attached hydrogens (tertiary/aromatic N) is 1. The fraction of sp³-hybridized carbons (Fsp3) is 0.500. The average Bonchev–Trinajstić information content (AvgIpc) is 2.16. The van der Waals surface area contributed by atoms with E-state index in [9.17, 15) is 4.79 Å². The molecule has 1 heterocycles. The van der Waals surface area contributed by atoms with Crippen LogP contribution >= 0.6 is 12.2 Å². The quantitative estimate of drug-likeness (QED) is 0.621. The van der Waals surface area contributed by atoms with Crippen LogP contribution in [0.5, 0.6) is 0 Å². The molecule has 0 bridgehead atoms. The van der Waals surface area contributed by atoms with Gasteiger partial charge in [0.15, 0.2) is 0 Å². The molecule has 1 N–H and O–H groups in total. The molecule has 1 rings (SSSR count). The Bertz CT molecular complexity index is 438. The Morgan fingerprint density at radius 1 is 1.53 bits per heavy atom. The number of aryl methyl sites for hydroxylation is 1. The van der Waals surface area contributed by atoms with Gasteiger partial charge in [-0.25, -0.2) is 9.78 Å². The first-order valence-corrected chi connectivity index (χ1v) is 5.07. The van der Waals surface area contributed by atoms with E-state index in [1.807, 2.05) is 13.8 Å². The van der Waals surface area contributed by atoms with Crippen molar-refractivity contribution in [2.45, 2.75) is 26.7 Å². The van der Waals surface area contributed by atoms with Gasteiger partial charge in [-0.05, 0) is 6.92 Å². The van der Waals surface area contributed by atoms with Crippen LogP contribution in [0.3, 0.4) is 0 Å². The lowest BCUT2D eigenvalue weighted by Gasteiger charge is -2.09. The minimum absolute atomic E-state index is 0.247. The second-order valence-corrected chi connectivity index (χ2v) is 3.96. The number of aromatic amines is 1. The van der Waals surface area contributed by atoms with Crippen molar-refractivity contribution in [3.63, 3.8) is 0 Å². The summed E-state index contributed by atoms with van der Waals surface area (Å²) in [5, 5.41) is 0. The standard InChI is InChI=1S/C10H14N2O2S/c1-5(2)8-11-6(3)7(9(15)12-8)10(13)14-4/h5H,1-4H3,(H,11,12,15). The van der Waals surface area contributed by atoms with Crippen LogP contribution in [-0.2, 0) is 4.74 Å². The lowest BCUT2D eigenvalue weighted by atomic mass is 10.2. The van der Waals surface area contributed by atoms with Crippen LogP contribution in [0.25, 0.3) is 0 Å². The average molecular weight is 226 g/mol. The molecule has 5 heteroatoms. The molecule has 0 aromatic carbocycles. The molecule has 0 radical (unpaired) electrons. The highest BCUT2D eigenvalue weighted by Gasteiger charge is 2.14. The second kappa shape index (κ2) is 4.53. The van der Waals surface area contributed by atoms with E-state index in [1.165, 1.54) is 7.11 Å². The van der Waals surface area contributed by atoms with Gasteiger partial charge in [0, 0.05) is 11.6 Å². The maximum atomic E-state index is 11.4. The number of hydrogen-bond donors (Lipinski definition) is 1. The molecule has 4 nitrogen and oxygen atoms in total. The maximum absolute atomic E-state index is 11.4. The van der Waals surface area contributed by atoms with Crippen LogP contribution in [0.4, 0.5) is 0 Å². The number of ether oxygens (including phenoxy) is 1. The van der Waals surface area contributed by atoms with E-state index >= 15 is 0 Å². The van der Waals surface area contributed by atoms with E-state index in [0.717, 1.165) is 5.82 Å². The highest BCUT2D eigenvalue weighted by molar-refractivity contribution is 7.71. The fourth-order valence-electron chi connectivity index (χ4n) is 1.22. The summed E-state index contributed by atoms with van der Waals surface area (Å²) in [5.41, 5.74) is 1.04. The first kappa shape index (κ1) is 11.8. The first-order valence-electron chi connectivity index (χ1n) is 4.66. The summed E-state index contributed by atoms with van der Waals surface area (Å²) in [5.74, 6) is 0.582. The minimum atomic E-state index is -0.448. The smallest absolute Gasteiger partial charge is 0.342 e. The summed E-state index contributed by atoms with van der Waals surface area (Å²) >= 11 is 5.06. The number of H-pyrrole nitrogens is 1. The molecule has 15 heavy (non-hydrogen) atoms. The molecule has 0 aliphatic rings. The predicted octanol–water partition coefficient (Wildman–Crippen LogP) is 2.36. The first-order chi connectivity index (χ1) is 6.97. The molecule has 0 atom stereocenters. The molecule has 82 valence electrons. The number of nitrogens with one attached hydrogen (secondary N) is 1. The van der Waals surface area contributed by atoms with Crippen molar-refractivity contribution in [3.05, 3.63) is 21.7 Å². The molecule has 0 aliphatic carbocycles. The SMILES string of the molecule is COC(=O)c1c(C)[nH]c(C(C)C)nc1=S. The molecular formula is C10H14N2O2S. The Kier molecular flexibility index (Phi) is 3.57. The highest BCUT2D eigenvalue weighted by atomic mass is 32.1. The van der Waals surface area contributed by atoms with Crippen LogP contribution < -0.4 is 0 Å². The van der Waals surface area contributed by atoms with Gasteiger partial charge in [-0.3, -0.25) is 0 Å². The van der Waals surface area contributed by atoms with Crippen LogP contribution in [0, 0.1) is 11.6 Å². The molecule has 0 fully saturated rings. The van der Waals surface area contributed by atoms with E-state index in [4.69, 9.17) is 12.2 Å². The van der Waals surface area contributed by atoms with Crippen LogP contribution in [0.15, 0.2) is 0 Å². The van der Waals surface area contributed by atoms with Crippen molar-refractivity contribution in [3.8, 4) is 0 Å². The second-order valence-electron chi connectivity index (χ2n) is 3.57. The molecular weight excluding hydrogens is 212 g/mol. The third-order valence-electron chi connectivity index (χ3n) is 2.06. The summed E-state index contributed by atoms with van der Waals surface area (Å²) in [6.07, 6.45) is 0. The Labute approximate surface area is 93.7 Å². The molecule has 0 aliphatic heterocycles. The monoisotopic (exact) mass is 226 g/mol. The summed E-state index contributed by atoms with van der Waals surface area (Å²) in [6.45, 7) is 5.80. The lowest BCUT2D eigenvalue weighted by Crippen LogP contribution is -2.10. The Balaban J connectivity index is 3.34. The summed E-state index contributed by atoms with van der Waals surface area (Å²) in [6, 6.07) is 0. The normalized spacial score (nSPS) is 10.5. The number of carbonyl (C=O) groups is 1. The van der Waals surface area contributed by atoms with Crippen molar-refractivity contribution >= 4 is 18.2 Å². The molecule has 0 saturated carbocycles. The molecule has 1 aromatic rings. The van der Waals surface area contributed by atoms with E-state index < -0.39 is 5.97 Å². The number of esters is 1. The van der Waals surface area contributed by atoms with Crippen LogP contribution in [0.1, 0.15) is 41.6 Å². The van der Waals surface area contributed by atoms with Gasteiger partial charge >= 0.3 is 5.97 Å². The Morgan fingerprint density at radius 3 is 2.53 bits per heavy atom. The zero-order valence-electron chi connectivity index (χ0n) is 9.25. The number of hydrogen-bond acceptors (Lipinski definition) is 4. The van der Waals surface area contributed by atoms with Crippen molar-refractivity contribution in [2.24, 2.45) is 0 Å². The Hall–Kier alpha value is -1.23. The van der Waals surface area contributed by atoms with Crippen LogP contribution in [0.2, 0.25) is 0 Å². The zero-order valence-corrected chi connectivity index (χ0v) is 10.1. The van der Waals surface area contributed by atoms with Crippen molar-refractivity contribution < 1.29 is 9.53 Å². The van der Waals surface area contributed by atoms with Crippen molar-refractivity contribution in [1.82, 2.24) is 9.97 Å². The predicted molar refractivity (Wildman–Crippen MR) is 59.6 cm³/mol. The lowest BCUT2D eigenvalue weighted by molar-refractivity contribution is 0.0598. The third kappa shape index (κ3) is 2.41. The van der Waals surface area contributed by atoms with Gasteiger partial charge in [-0.1, -0.05) is 26.1 Å². The number of rotatable bonds is 2. The molecule has 1 aromatic heterocycles. The van der Waals surface area contributed by atoms with E-state index in [0.29, 0.717) is 15.9 Å². The van der Waals surface area contributed by atoms with Gasteiger partial charge in [0.05, 0.1) is 7.11 Å². The van der Waals surface area contributed by atoms with Gasteiger partial charge in [-0.2, -0.15) is 0 Å². The summed E-state index contributed by atoms with van der Waals surface area (Å²) in [4.78, 5) is 18.6. The highest BCUT2D eigenvalue weighted by Crippen LogP contribution is 2.13. The fourth-order valence-corrected chi connectivity index (χ4v) is 1.56. The summed E-state index contributed by atoms with van der Waals surface area (Å²) < 4.78 is 4.93. The topological polar surface area (TPSA) is 55.0 Å². The largest absolute Gasteiger partial charge is 0.465 e. The zero-order chi connectivity index (χ0) is 11.6. The van der Waals surface area contributed by atoms with Gasteiger partial charge in [0.2, 0.25) is 0 Å². The molecule has 0 amide bonds.